The van der Waals surface area contributed by atoms with Crippen molar-refractivity contribution in [3.05, 3.63) is 47.4 Å². The van der Waals surface area contributed by atoms with E-state index in [0.717, 1.165) is 18.6 Å². The Morgan fingerprint density at radius 3 is 2.54 bits per heavy atom. The zero-order valence-electron chi connectivity index (χ0n) is 15.6. The molecule has 3 heterocycles. The Hall–Kier alpha value is -2.84. The summed E-state index contributed by atoms with van der Waals surface area (Å²) in [5.41, 5.74) is 1.83. The topological polar surface area (TPSA) is 55.5 Å². The van der Waals surface area contributed by atoms with Crippen molar-refractivity contribution in [2.45, 2.75) is 31.9 Å². The van der Waals surface area contributed by atoms with Gasteiger partial charge < -0.3 is 9.64 Å². The van der Waals surface area contributed by atoms with Crippen LogP contribution in [0, 0.1) is 6.92 Å². The number of halogens is 3. The molecule has 0 unspecified atom stereocenters. The summed E-state index contributed by atoms with van der Waals surface area (Å²) >= 11 is 0. The molecule has 3 aromatic rings. The summed E-state index contributed by atoms with van der Waals surface area (Å²) < 4.78 is 45.5. The number of ether oxygens (including phenoxy) is 1. The highest BCUT2D eigenvalue weighted by atomic mass is 19.4. The van der Waals surface area contributed by atoms with Gasteiger partial charge in [-0.3, -0.25) is 0 Å². The molecule has 1 aromatic carbocycles. The summed E-state index contributed by atoms with van der Waals surface area (Å²) in [5, 5.41) is 3.66. The molecule has 0 amide bonds. The first-order valence-electron chi connectivity index (χ1n) is 9.05. The molecular weight excluding hydrogens is 371 g/mol. The summed E-state index contributed by atoms with van der Waals surface area (Å²) in [5.74, 6) is 0.602. The van der Waals surface area contributed by atoms with Crippen molar-refractivity contribution < 1.29 is 17.9 Å². The van der Waals surface area contributed by atoms with Crippen molar-refractivity contribution in [1.82, 2.24) is 19.6 Å². The average molecular weight is 391 g/mol. The second-order valence-corrected chi connectivity index (χ2v) is 6.94. The van der Waals surface area contributed by atoms with Crippen molar-refractivity contribution in [3.8, 4) is 5.75 Å². The number of hydrogen-bond acceptors (Lipinski definition) is 5. The first-order valence-corrected chi connectivity index (χ1v) is 9.05. The van der Waals surface area contributed by atoms with Crippen molar-refractivity contribution in [2.75, 3.05) is 25.1 Å². The Morgan fingerprint density at radius 1 is 1.11 bits per heavy atom. The van der Waals surface area contributed by atoms with E-state index < -0.39 is 12.0 Å². The third kappa shape index (κ3) is 3.48. The summed E-state index contributed by atoms with van der Waals surface area (Å²) in [6, 6.07) is 9.78. The number of aryl methyl sites for hydroxylation is 1. The van der Waals surface area contributed by atoms with Gasteiger partial charge in [-0.1, -0.05) is 12.1 Å². The van der Waals surface area contributed by atoms with Crippen molar-refractivity contribution in [2.24, 2.45) is 0 Å². The standard InChI is InChI=1S/C19H20F3N5O/c1-12-10-16(27-18(23-12)24-17(25-27)19(20,21)22)26-8-6-13(7-9-26)14-4-3-5-15(11-14)28-2/h3-5,10-11,13H,6-9H2,1-2H3. The predicted molar refractivity (Wildman–Crippen MR) is 97.7 cm³/mol. The van der Waals surface area contributed by atoms with Gasteiger partial charge in [-0.05, 0) is 43.4 Å². The molecule has 148 valence electrons. The summed E-state index contributed by atoms with van der Waals surface area (Å²) in [7, 11) is 1.64. The molecule has 1 aliphatic rings. The number of piperidine rings is 1. The van der Waals surface area contributed by atoms with E-state index >= 15 is 0 Å². The molecule has 0 atom stereocenters. The lowest BCUT2D eigenvalue weighted by Crippen LogP contribution is -2.34. The third-order valence-electron chi connectivity index (χ3n) is 5.06. The maximum absolute atomic E-state index is 13.0. The molecule has 1 aliphatic heterocycles. The number of fused-ring (bicyclic) bond motifs is 1. The smallest absolute Gasteiger partial charge is 0.453 e. The third-order valence-corrected chi connectivity index (χ3v) is 5.06. The lowest BCUT2D eigenvalue weighted by atomic mass is 9.89. The Bertz CT molecular complexity index is 993. The van der Waals surface area contributed by atoms with Crippen molar-refractivity contribution >= 4 is 11.6 Å². The van der Waals surface area contributed by atoms with Gasteiger partial charge in [-0.25, -0.2) is 4.98 Å². The molecule has 6 nitrogen and oxygen atoms in total. The van der Waals surface area contributed by atoms with Crippen LogP contribution >= 0.6 is 0 Å². The minimum absolute atomic E-state index is 0.0303. The average Bonchev–Trinajstić information content (AvgIpc) is 3.12. The van der Waals surface area contributed by atoms with Gasteiger partial charge in [0.05, 0.1) is 7.11 Å². The fraction of sp³-hybridized carbons (Fsp3) is 0.421. The highest BCUT2D eigenvalue weighted by Gasteiger charge is 2.37. The molecule has 4 rings (SSSR count). The Morgan fingerprint density at radius 2 is 1.86 bits per heavy atom. The predicted octanol–water partition coefficient (Wildman–Crippen LogP) is 3.84. The fourth-order valence-corrected chi connectivity index (χ4v) is 3.65. The van der Waals surface area contributed by atoms with Crippen LogP contribution in [0.2, 0.25) is 0 Å². The quantitative estimate of drug-likeness (QED) is 0.679. The molecule has 1 saturated heterocycles. The second kappa shape index (κ2) is 6.96. The summed E-state index contributed by atoms with van der Waals surface area (Å²) in [4.78, 5) is 9.70. The van der Waals surface area contributed by atoms with Gasteiger partial charge in [-0.15, -0.1) is 5.10 Å². The van der Waals surface area contributed by atoms with Crippen molar-refractivity contribution in [3.63, 3.8) is 0 Å². The van der Waals surface area contributed by atoms with E-state index in [2.05, 4.69) is 21.1 Å². The van der Waals surface area contributed by atoms with Crippen LogP contribution in [0.5, 0.6) is 5.75 Å². The van der Waals surface area contributed by atoms with Gasteiger partial charge >= 0.3 is 6.18 Å². The lowest BCUT2D eigenvalue weighted by molar-refractivity contribution is -0.144. The normalized spacial score (nSPS) is 16.0. The number of alkyl halides is 3. The molecular formula is C19H20F3N5O. The zero-order chi connectivity index (χ0) is 19.9. The van der Waals surface area contributed by atoms with Crippen molar-refractivity contribution in [1.29, 1.82) is 0 Å². The Kier molecular flexibility index (Phi) is 4.60. The molecule has 1 fully saturated rings. The van der Waals surface area contributed by atoms with E-state index in [9.17, 15) is 13.2 Å². The highest BCUT2D eigenvalue weighted by Crippen LogP contribution is 2.33. The van der Waals surface area contributed by atoms with Gasteiger partial charge in [0.15, 0.2) is 0 Å². The zero-order valence-corrected chi connectivity index (χ0v) is 15.6. The summed E-state index contributed by atoms with van der Waals surface area (Å²) in [6.07, 6.45) is -2.83. The van der Waals surface area contributed by atoms with E-state index in [0.29, 0.717) is 30.5 Å². The molecule has 0 radical (unpaired) electrons. The first kappa shape index (κ1) is 18.5. The van der Waals surface area contributed by atoms with Crippen LogP contribution in [0.15, 0.2) is 30.3 Å². The van der Waals surface area contributed by atoms with Crippen LogP contribution in [0.3, 0.4) is 0 Å². The van der Waals surface area contributed by atoms with Crippen LogP contribution in [-0.2, 0) is 6.18 Å². The fourth-order valence-electron chi connectivity index (χ4n) is 3.65. The largest absolute Gasteiger partial charge is 0.497 e. The number of hydrogen-bond donors (Lipinski definition) is 0. The maximum Gasteiger partial charge on any atom is 0.453 e. The van der Waals surface area contributed by atoms with Gasteiger partial charge in [0.1, 0.15) is 11.6 Å². The number of anilines is 1. The van der Waals surface area contributed by atoms with E-state index in [1.807, 2.05) is 23.1 Å². The Balaban J connectivity index is 1.59. The number of methoxy groups -OCH3 is 1. The monoisotopic (exact) mass is 391 g/mol. The van der Waals surface area contributed by atoms with Crippen LogP contribution in [0.25, 0.3) is 5.78 Å². The van der Waals surface area contributed by atoms with Crippen LogP contribution in [0.4, 0.5) is 19.0 Å². The molecule has 0 saturated carbocycles. The SMILES string of the molecule is COc1cccc(C2CCN(c3cc(C)nc4nc(C(F)(F)F)nn34)CC2)c1. The number of aromatic nitrogens is 4. The van der Waals surface area contributed by atoms with Crippen LogP contribution < -0.4 is 9.64 Å². The minimum atomic E-state index is -4.60. The minimum Gasteiger partial charge on any atom is -0.497 e. The first-order chi connectivity index (χ1) is 13.3. The molecule has 2 aromatic heterocycles. The van der Waals surface area contributed by atoms with E-state index in [4.69, 9.17) is 4.74 Å². The highest BCUT2D eigenvalue weighted by molar-refractivity contribution is 5.48. The van der Waals surface area contributed by atoms with Gasteiger partial charge in [-0.2, -0.15) is 22.7 Å². The van der Waals surface area contributed by atoms with E-state index in [1.165, 1.54) is 10.1 Å². The van der Waals surface area contributed by atoms with E-state index in [1.54, 1.807) is 20.1 Å². The number of nitrogens with zero attached hydrogens (tertiary/aromatic N) is 5. The number of rotatable bonds is 3. The Labute approximate surface area is 160 Å². The lowest BCUT2D eigenvalue weighted by Gasteiger charge is -2.33. The second-order valence-electron chi connectivity index (χ2n) is 6.94. The molecule has 9 heteroatoms. The van der Waals surface area contributed by atoms with Crippen LogP contribution in [-0.4, -0.2) is 39.8 Å². The summed E-state index contributed by atoms with van der Waals surface area (Å²) in [6.45, 7) is 3.16. The van der Waals surface area contributed by atoms with Gasteiger partial charge in [0.25, 0.3) is 11.6 Å². The van der Waals surface area contributed by atoms with Gasteiger partial charge in [0.2, 0.25) is 0 Å². The molecule has 0 bridgehead atoms. The van der Waals surface area contributed by atoms with E-state index in [-0.39, 0.29) is 5.78 Å². The molecule has 28 heavy (non-hydrogen) atoms. The van der Waals surface area contributed by atoms with Gasteiger partial charge in [0, 0.05) is 24.8 Å². The van der Waals surface area contributed by atoms with Crippen LogP contribution in [0.1, 0.15) is 35.8 Å². The molecule has 0 aliphatic carbocycles. The maximum atomic E-state index is 13.0. The molecule has 0 spiro atoms. The molecule has 0 N–H and O–H groups in total. The number of benzene rings is 1.